The first-order valence-electron chi connectivity index (χ1n) is 7.71. The first-order chi connectivity index (χ1) is 11.4. The minimum absolute atomic E-state index is 0.0547. The number of piperazine rings is 1. The van der Waals surface area contributed by atoms with Crippen molar-refractivity contribution >= 4 is 39.1 Å². The Balaban J connectivity index is 1.67. The molecule has 3 rings (SSSR count). The van der Waals surface area contributed by atoms with E-state index in [9.17, 15) is 13.2 Å². The Morgan fingerprint density at radius 1 is 1.12 bits per heavy atom. The van der Waals surface area contributed by atoms with Gasteiger partial charge >= 0.3 is 0 Å². The van der Waals surface area contributed by atoms with Gasteiger partial charge in [-0.1, -0.05) is 23.2 Å². The zero-order valence-corrected chi connectivity index (χ0v) is 15.3. The number of carbonyl (C=O) groups is 1. The van der Waals surface area contributed by atoms with Crippen molar-refractivity contribution in [3.8, 4) is 0 Å². The molecule has 1 aromatic rings. The maximum atomic E-state index is 12.7. The highest BCUT2D eigenvalue weighted by Crippen LogP contribution is 2.27. The molecule has 0 radical (unpaired) electrons. The van der Waals surface area contributed by atoms with E-state index >= 15 is 0 Å². The van der Waals surface area contributed by atoms with Crippen LogP contribution in [0.2, 0.25) is 10.0 Å². The van der Waals surface area contributed by atoms with E-state index in [0.29, 0.717) is 31.3 Å². The van der Waals surface area contributed by atoms with E-state index in [0.717, 1.165) is 6.42 Å². The zero-order valence-electron chi connectivity index (χ0n) is 13.0. The molecule has 0 saturated carbocycles. The van der Waals surface area contributed by atoms with Gasteiger partial charge in [0, 0.05) is 32.8 Å². The van der Waals surface area contributed by atoms with Gasteiger partial charge < -0.3 is 9.64 Å². The standard InChI is InChI=1S/C15H18Cl2N2O4S/c16-13-2-1-12(9-14(13)17)24(21,22)19-6-4-18(5-7-19)15(20)11-3-8-23-10-11/h1-2,9,11H,3-8,10H2. The van der Waals surface area contributed by atoms with Crippen molar-refractivity contribution in [2.75, 3.05) is 39.4 Å². The minimum Gasteiger partial charge on any atom is -0.381 e. The summed E-state index contributed by atoms with van der Waals surface area (Å²) in [6.07, 6.45) is 0.737. The summed E-state index contributed by atoms with van der Waals surface area (Å²) in [4.78, 5) is 14.2. The highest BCUT2D eigenvalue weighted by molar-refractivity contribution is 7.89. The molecule has 2 fully saturated rings. The van der Waals surface area contributed by atoms with Gasteiger partial charge in [-0.3, -0.25) is 4.79 Å². The number of rotatable bonds is 3. The minimum atomic E-state index is -3.64. The summed E-state index contributed by atoms with van der Waals surface area (Å²) in [5, 5.41) is 0.512. The summed E-state index contributed by atoms with van der Waals surface area (Å²) in [5.74, 6) is -0.0395. The second kappa shape index (κ2) is 7.17. The molecular weight excluding hydrogens is 375 g/mol. The van der Waals surface area contributed by atoms with Gasteiger partial charge in [-0.05, 0) is 24.6 Å². The van der Waals surface area contributed by atoms with Crippen molar-refractivity contribution in [1.29, 1.82) is 0 Å². The van der Waals surface area contributed by atoms with Crippen LogP contribution in [-0.4, -0.2) is 62.9 Å². The first kappa shape index (κ1) is 17.9. The molecule has 2 saturated heterocycles. The number of amides is 1. The number of hydrogen-bond acceptors (Lipinski definition) is 4. The van der Waals surface area contributed by atoms with Gasteiger partial charge in [0.1, 0.15) is 0 Å². The van der Waals surface area contributed by atoms with Crippen molar-refractivity contribution in [2.45, 2.75) is 11.3 Å². The molecule has 0 bridgehead atoms. The fourth-order valence-electron chi connectivity index (χ4n) is 2.92. The van der Waals surface area contributed by atoms with Crippen LogP contribution in [0.3, 0.4) is 0 Å². The Bertz CT molecular complexity index is 727. The Labute approximate surface area is 151 Å². The van der Waals surface area contributed by atoms with E-state index in [1.54, 1.807) is 4.90 Å². The van der Waals surface area contributed by atoms with Gasteiger partial charge in [0.2, 0.25) is 15.9 Å². The van der Waals surface area contributed by atoms with E-state index in [-0.39, 0.29) is 34.8 Å². The Kier molecular flexibility index (Phi) is 5.36. The molecule has 0 aromatic heterocycles. The molecule has 2 aliphatic heterocycles. The van der Waals surface area contributed by atoms with Gasteiger partial charge in [0.25, 0.3) is 0 Å². The number of hydrogen-bond donors (Lipinski definition) is 0. The summed E-state index contributed by atoms with van der Waals surface area (Å²) in [6, 6.07) is 4.26. The maximum absolute atomic E-state index is 12.7. The van der Waals surface area contributed by atoms with Gasteiger partial charge in [0.15, 0.2) is 0 Å². The van der Waals surface area contributed by atoms with Gasteiger partial charge in [-0.15, -0.1) is 0 Å². The highest BCUT2D eigenvalue weighted by Gasteiger charge is 2.33. The lowest BCUT2D eigenvalue weighted by Crippen LogP contribution is -2.51. The summed E-state index contributed by atoms with van der Waals surface area (Å²) in [5.41, 5.74) is 0. The van der Waals surface area contributed by atoms with Crippen molar-refractivity contribution < 1.29 is 17.9 Å². The number of nitrogens with zero attached hydrogens (tertiary/aromatic N) is 2. The Morgan fingerprint density at radius 2 is 1.83 bits per heavy atom. The van der Waals surface area contributed by atoms with Crippen LogP contribution in [0.1, 0.15) is 6.42 Å². The van der Waals surface area contributed by atoms with E-state index in [1.807, 2.05) is 0 Å². The van der Waals surface area contributed by atoms with Crippen LogP contribution in [0, 0.1) is 5.92 Å². The predicted octanol–water partition coefficient (Wildman–Crippen LogP) is 1.86. The van der Waals surface area contributed by atoms with E-state index in [2.05, 4.69) is 0 Å². The number of halogens is 2. The van der Waals surface area contributed by atoms with Crippen LogP contribution in [0.25, 0.3) is 0 Å². The molecule has 0 spiro atoms. The molecule has 9 heteroatoms. The fraction of sp³-hybridized carbons (Fsp3) is 0.533. The third-order valence-electron chi connectivity index (χ3n) is 4.36. The summed E-state index contributed by atoms with van der Waals surface area (Å²) in [6.45, 7) is 2.37. The number of ether oxygens (including phenoxy) is 1. The number of carbonyl (C=O) groups excluding carboxylic acids is 1. The van der Waals surface area contributed by atoms with Gasteiger partial charge in [-0.2, -0.15) is 4.31 Å². The first-order valence-corrected chi connectivity index (χ1v) is 9.91. The normalized spacial score (nSPS) is 22.8. The number of sulfonamides is 1. The molecule has 6 nitrogen and oxygen atoms in total. The molecular formula is C15H18Cl2N2O4S. The van der Waals surface area contributed by atoms with E-state index < -0.39 is 10.0 Å². The van der Waals surface area contributed by atoms with Gasteiger partial charge in [0.05, 0.1) is 27.5 Å². The molecule has 0 aliphatic carbocycles. The topological polar surface area (TPSA) is 66.9 Å². The van der Waals surface area contributed by atoms with Crippen molar-refractivity contribution in [3.63, 3.8) is 0 Å². The van der Waals surface area contributed by atoms with Crippen LogP contribution in [0.15, 0.2) is 23.1 Å². The average Bonchev–Trinajstić information content (AvgIpc) is 3.11. The van der Waals surface area contributed by atoms with Gasteiger partial charge in [-0.25, -0.2) is 8.42 Å². The van der Waals surface area contributed by atoms with Crippen molar-refractivity contribution in [3.05, 3.63) is 28.2 Å². The quantitative estimate of drug-likeness (QED) is 0.787. The van der Waals surface area contributed by atoms with E-state index in [1.165, 1.54) is 22.5 Å². The average molecular weight is 393 g/mol. The lowest BCUT2D eigenvalue weighted by Gasteiger charge is -2.35. The Hall–Kier alpha value is -0.860. The second-order valence-electron chi connectivity index (χ2n) is 5.87. The number of benzene rings is 1. The van der Waals surface area contributed by atoms with Crippen LogP contribution < -0.4 is 0 Å². The van der Waals surface area contributed by atoms with Crippen LogP contribution in [0.4, 0.5) is 0 Å². The van der Waals surface area contributed by atoms with Crippen molar-refractivity contribution in [2.24, 2.45) is 5.92 Å². The summed E-state index contributed by atoms with van der Waals surface area (Å²) < 4.78 is 32.0. The van der Waals surface area contributed by atoms with Crippen LogP contribution >= 0.6 is 23.2 Å². The monoisotopic (exact) mass is 392 g/mol. The molecule has 1 aromatic carbocycles. The largest absolute Gasteiger partial charge is 0.381 e. The molecule has 1 amide bonds. The molecule has 0 N–H and O–H groups in total. The maximum Gasteiger partial charge on any atom is 0.243 e. The lowest BCUT2D eigenvalue weighted by molar-refractivity contribution is -0.136. The lowest BCUT2D eigenvalue weighted by atomic mass is 10.1. The molecule has 24 heavy (non-hydrogen) atoms. The third kappa shape index (κ3) is 3.55. The second-order valence-corrected chi connectivity index (χ2v) is 8.62. The van der Waals surface area contributed by atoms with Crippen LogP contribution in [-0.2, 0) is 19.6 Å². The molecule has 2 aliphatic rings. The molecule has 1 atom stereocenters. The smallest absolute Gasteiger partial charge is 0.243 e. The fourth-order valence-corrected chi connectivity index (χ4v) is 4.73. The van der Waals surface area contributed by atoms with E-state index in [4.69, 9.17) is 27.9 Å². The molecule has 2 heterocycles. The SMILES string of the molecule is O=C(C1CCOC1)N1CCN(S(=O)(=O)c2ccc(Cl)c(Cl)c2)CC1. The zero-order chi connectivity index (χ0) is 17.3. The highest BCUT2D eigenvalue weighted by atomic mass is 35.5. The Morgan fingerprint density at radius 3 is 2.42 bits per heavy atom. The molecule has 132 valence electrons. The summed E-state index contributed by atoms with van der Waals surface area (Å²) in [7, 11) is -3.64. The van der Waals surface area contributed by atoms with Crippen molar-refractivity contribution in [1.82, 2.24) is 9.21 Å². The third-order valence-corrected chi connectivity index (χ3v) is 6.99. The summed E-state index contributed by atoms with van der Waals surface area (Å²) >= 11 is 11.8. The predicted molar refractivity (Wildman–Crippen MR) is 90.7 cm³/mol. The molecule has 1 unspecified atom stereocenters. The van der Waals surface area contributed by atoms with Crippen LogP contribution in [0.5, 0.6) is 0 Å².